The number of nitrogens with one attached hydrogen (secondary N) is 1. The van der Waals surface area contributed by atoms with Crippen molar-refractivity contribution in [3.05, 3.63) is 41.7 Å². The van der Waals surface area contributed by atoms with E-state index in [1.54, 1.807) is 6.07 Å². The molecule has 21 heavy (non-hydrogen) atoms. The zero-order chi connectivity index (χ0) is 15.7. The van der Waals surface area contributed by atoms with E-state index < -0.39 is 10.0 Å². The van der Waals surface area contributed by atoms with Gasteiger partial charge in [0.1, 0.15) is 5.76 Å². The summed E-state index contributed by atoms with van der Waals surface area (Å²) in [5, 5.41) is 12.4. The lowest BCUT2D eigenvalue weighted by atomic mass is 9.93. The number of anilines is 1. The van der Waals surface area contributed by atoms with Crippen LogP contribution in [0.2, 0.25) is 0 Å². The molecule has 7 heteroatoms. The van der Waals surface area contributed by atoms with Gasteiger partial charge in [-0.15, -0.1) is 0 Å². The number of nitriles is 1. The minimum absolute atomic E-state index is 0.0572. The van der Waals surface area contributed by atoms with Crippen LogP contribution in [-0.4, -0.2) is 13.6 Å². The molecule has 1 heterocycles. The van der Waals surface area contributed by atoms with Gasteiger partial charge in [-0.3, -0.25) is 4.72 Å². The van der Waals surface area contributed by atoms with Gasteiger partial charge < -0.3 is 4.52 Å². The monoisotopic (exact) mass is 305 g/mol. The second-order valence-electron chi connectivity index (χ2n) is 5.57. The number of hydrogen-bond donors (Lipinski definition) is 1. The third kappa shape index (κ3) is 3.41. The van der Waals surface area contributed by atoms with Crippen LogP contribution in [-0.2, 0) is 15.4 Å². The number of sulfonamides is 1. The van der Waals surface area contributed by atoms with Gasteiger partial charge in [-0.1, -0.05) is 25.9 Å². The van der Waals surface area contributed by atoms with E-state index in [4.69, 9.17) is 9.78 Å². The van der Waals surface area contributed by atoms with Crippen molar-refractivity contribution >= 4 is 15.8 Å². The lowest BCUT2D eigenvalue weighted by molar-refractivity contribution is 0.331. The summed E-state index contributed by atoms with van der Waals surface area (Å²) >= 11 is 0. The number of aromatic nitrogens is 1. The maximum Gasteiger partial charge on any atom is 0.263 e. The molecule has 0 bridgehead atoms. The van der Waals surface area contributed by atoms with E-state index in [0.717, 1.165) is 0 Å². The van der Waals surface area contributed by atoms with E-state index in [1.165, 1.54) is 24.3 Å². The van der Waals surface area contributed by atoms with E-state index >= 15 is 0 Å². The zero-order valence-corrected chi connectivity index (χ0v) is 12.7. The molecule has 2 rings (SSSR count). The fraction of sp³-hybridized carbons (Fsp3) is 0.286. The van der Waals surface area contributed by atoms with Gasteiger partial charge in [0.25, 0.3) is 10.0 Å². The molecule has 0 saturated heterocycles. The Bertz CT molecular complexity index is 778. The Morgan fingerprint density at radius 3 is 2.33 bits per heavy atom. The van der Waals surface area contributed by atoms with Crippen LogP contribution < -0.4 is 4.72 Å². The van der Waals surface area contributed by atoms with Gasteiger partial charge in [0, 0.05) is 11.5 Å². The first kappa shape index (κ1) is 15.1. The zero-order valence-electron chi connectivity index (χ0n) is 11.9. The van der Waals surface area contributed by atoms with Gasteiger partial charge in [-0.25, -0.2) is 8.42 Å². The average molecular weight is 305 g/mol. The summed E-state index contributed by atoms with van der Waals surface area (Å²) in [7, 11) is -3.75. The predicted molar refractivity (Wildman–Crippen MR) is 77.2 cm³/mol. The van der Waals surface area contributed by atoms with Crippen molar-refractivity contribution < 1.29 is 12.9 Å². The average Bonchev–Trinajstić information content (AvgIpc) is 2.86. The highest BCUT2D eigenvalue weighted by molar-refractivity contribution is 7.92. The molecular weight excluding hydrogens is 290 g/mol. The van der Waals surface area contributed by atoms with Crippen molar-refractivity contribution in [3.63, 3.8) is 0 Å². The molecule has 0 saturated carbocycles. The van der Waals surface area contributed by atoms with Crippen LogP contribution in [0.3, 0.4) is 0 Å². The van der Waals surface area contributed by atoms with E-state index in [-0.39, 0.29) is 16.1 Å². The minimum Gasteiger partial charge on any atom is -0.359 e. The van der Waals surface area contributed by atoms with E-state index in [2.05, 4.69) is 9.88 Å². The quantitative estimate of drug-likeness (QED) is 0.940. The van der Waals surface area contributed by atoms with E-state index in [0.29, 0.717) is 11.3 Å². The van der Waals surface area contributed by atoms with Crippen molar-refractivity contribution in [2.24, 2.45) is 0 Å². The maximum absolute atomic E-state index is 12.2. The molecule has 0 amide bonds. The minimum atomic E-state index is -3.75. The summed E-state index contributed by atoms with van der Waals surface area (Å²) < 4.78 is 31.8. The summed E-state index contributed by atoms with van der Waals surface area (Å²) in [5.41, 5.74) is 0.135. The molecule has 6 nitrogen and oxygen atoms in total. The Morgan fingerprint density at radius 1 is 1.24 bits per heavy atom. The van der Waals surface area contributed by atoms with Crippen molar-refractivity contribution in [2.75, 3.05) is 4.72 Å². The molecule has 0 fully saturated rings. The molecule has 0 unspecified atom stereocenters. The fourth-order valence-corrected chi connectivity index (χ4v) is 2.57. The number of rotatable bonds is 3. The van der Waals surface area contributed by atoms with Crippen molar-refractivity contribution in [1.82, 2.24) is 5.16 Å². The molecule has 110 valence electrons. The van der Waals surface area contributed by atoms with Gasteiger partial charge in [-0.2, -0.15) is 5.26 Å². The van der Waals surface area contributed by atoms with Crippen molar-refractivity contribution in [2.45, 2.75) is 31.1 Å². The molecule has 0 atom stereocenters. The SMILES string of the molecule is CC(C)(C)c1cc(NS(=O)(=O)c2ccc(C#N)cc2)no1. The highest BCUT2D eigenvalue weighted by atomic mass is 32.2. The molecule has 0 spiro atoms. The van der Waals surface area contributed by atoms with Crippen LogP contribution in [0.1, 0.15) is 32.1 Å². The van der Waals surface area contributed by atoms with Crippen molar-refractivity contribution in [1.29, 1.82) is 5.26 Å². The van der Waals surface area contributed by atoms with Crippen LogP contribution in [0.15, 0.2) is 39.8 Å². The van der Waals surface area contributed by atoms with Gasteiger partial charge >= 0.3 is 0 Å². The largest absolute Gasteiger partial charge is 0.359 e. The van der Waals surface area contributed by atoms with Crippen LogP contribution in [0.25, 0.3) is 0 Å². The van der Waals surface area contributed by atoms with Crippen LogP contribution in [0.5, 0.6) is 0 Å². The van der Waals surface area contributed by atoms with Gasteiger partial charge in [0.15, 0.2) is 5.82 Å². The molecule has 2 aromatic rings. The van der Waals surface area contributed by atoms with Crippen LogP contribution >= 0.6 is 0 Å². The molecule has 1 aromatic heterocycles. The van der Waals surface area contributed by atoms with Crippen LogP contribution in [0, 0.1) is 11.3 Å². The number of hydrogen-bond acceptors (Lipinski definition) is 5. The van der Waals surface area contributed by atoms with Gasteiger partial charge in [-0.05, 0) is 24.3 Å². The lowest BCUT2D eigenvalue weighted by Gasteiger charge is -2.12. The standard InChI is InChI=1S/C14H15N3O3S/c1-14(2,3)12-8-13(16-20-12)17-21(18,19)11-6-4-10(9-15)5-7-11/h4-8H,1-3H3,(H,16,17). The lowest BCUT2D eigenvalue weighted by Crippen LogP contribution is -2.13. The molecule has 0 aliphatic rings. The Balaban J connectivity index is 2.25. The second kappa shape index (κ2) is 5.22. The summed E-state index contributed by atoms with van der Waals surface area (Å²) in [6.45, 7) is 5.81. The van der Waals surface area contributed by atoms with Gasteiger partial charge in [0.05, 0.1) is 16.5 Å². The first-order chi connectivity index (χ1) is 9.72. The Morgan fingerprint density at radius 2 is 1.86 bits per heavy atom. The maximum atomic E-state index is 12.2. The Kier molecular flexibility index (Phi) is 3.75. The Labute approximate surface area is 123 Å². The summed E-state index contributed by atoms with van der Waals surface area (Å²) in [4.78, 5) is 0.0572. The predicted octanol–water partition coefficient (Wildman–Crippen LogP) is 2.64. The molecular formula is C14H15N3O3S. The number of benzene rings is 1. The molecule has 1 aromatic carbocycles. The fourth-order valence-electron chi connectivity index (χ4n) is 1.58. The number of nitrogens with zero attached hydrogens (tertiary/aromatic N) is 2. The molecule has 0 aliphatic heterocycles. The van der Waals surface area contributed by atoms with E-state index in [1.807, 2.05) is 26.8 Å². The molecule has 1 N–H and O–H groups in total. The van der Waals surface area contributed by atoms with Gasteiger partial charge in [0.2, 0.25) is 0 Å². The third-order valence-electron chi connectivity index (χ3n) is 2.78. The first-order valence-corrected chi connectivity index (χ1v) is 7.71. The van der Waals surface area contributed by atoms with Crippen LogP contribution in [0.4, 0.5) is 5.82 Å². The normalized spacial score (nSPS) is 11.9. The Hall–Kier alpha value is -2.33. The van der Waals surface area contributed by atoms with Crippen molar-refractivity contribution in [3.8, 4) is 6.07 Å². The third-order valence-corrected chi connectivity index (χ3v) is 4.15. The summed E-state index contributed by atoms with van der Waals surface area (Å²) in [6.07, 6.45) is 0. The smallest absolute Gasteiger partial charge is 0.263 e. The molecule has 0 aliphatic carbocycles. The summed E-state index contributed by atoms with van der Waals surface area (Å²) in [6, 6.07) is 9.11. The highest BCUT2D eigenvalue weighted by Crippen LogP contribution is 2.25. The topological polar surface area (TPSA) is 96.0 Å². The second-order valence-corrected chi connectivity index (χ2v) is 7.25. The summed E-state index contributed by atoms with van der Waals surface area (Å²) in [5.74, 6) is 0.712. The molecule has 0 radical (unpaired) electrons. The first-order valence-electron chi connectivity index (χ1n) is 6.22. The highest BCUT2D eigenvalue weighted by Gasteiger charge is 2.22. The van der Waals surface area contributed by atoms with E-state index in [9.17, 15) is 8.42 Å².